The van der Waals surface area contributed by atoms with Crippen molar-refractivity contribution in [3.8, 4) is 5.75 Å². The van der Waals surface area contributed by atoms with Crippen molar-refractivity contribution in [3.05, 3.63) is 29.8 Å². The van der Waals surface area contributed by atoms with Crippen LogP contribution < -0.4 is 4.74 Å². The molecule has 0 spiro atoms. The standard InChI is InChI=1S/C14H20O/c1-4-9-14(3)10-15-13-8-6-5-7-12(13)11(14)2/h5-8,11H,4,9-10H2,1-3H3. The molecule has 1 heteroatoms. The molecule has 15 heavy (non-hydrogen) atoms. The van der Waals surface area contributed by atoms with Crippen LogP contribution in [-0.2, 0) is 0 Å². The first-order valence-corrected chi connectivity index (χ1v) is 5.89. The Bertz CT molecular complexity index is 345. The second kappa shape index (κ2) is 3.88. The molecular weight excluding hydrogens is 184 g/mol. The van der Waals surface area contributed by atoms with Crippen LogP contribution in [0.5, 0.6) is 5.75 Å². The van der Waals surface area contributed by atoms with Crippen molar-refractivity contribution < 1.29 is 4.74 Å². The van der Waals surface area contributed by atoms with Crippen molar-refractivity contribution in [2.75, 3.05) is 6.61 Å². The highest BCUT2D eigenvalue weighted by Crippen LogP contribution is 2.46. The largest absolute Gasteiger partial charge is 0.493 e. The van der Waals surface area contributed by atoms with E-state index >= 15 is 0 Å². The Labute approximate surface area is 92.5 Å². The summed E-state index contributed by atoms with van der Waals surface area (Å²) >= 11 is 0. The average molecular weight is 204 g/mol. The van der Waals surface area contributed by atoms with Gasteiger partial charge >= 0.3 is 0 Å². The summed E-state index contributed by atoms with van der Waals surface area (Å²) in [7, 11) is 0. The van der Waals surface area contributed by atoms with Crippen LogP contribution in [0.4, 0.5) is 0 Å². The quantitative estimate of drug-likeness (QED) is 0.707. The van der Waals surface area contributed by atoms with Crippen LogP contribution in [0.25, 0.3) is 0 Å². The fourth-order valence-electron chi connectivity index (χ4n) is 2.57. The Hall–Kier alpha value is -0.980. The molecule has 1 aromatic rings. The molecule has 2 unspecified atom stereocenters. The minimum atomic E-state index is 0.309. The first kappa shape index (κ1) is 10.5. The lowest BCUT2D eigenvalue weighted by atomic mass is 9.70. The van der Waals surface area contributed by atoms with Crippen LogP contribution in [0.2, 0.25) is 0 Å². The van der Waals surface area contributed by atoms with Crippen molar-refractivity contribution >= 4 is 0 Å². The number of rotatable bonds is 2. The third-order valence-corrected chi connectivity index (χ3v) is 3.81. The maximum absolute atomic E-state index is 5.86. The number of para-hydroxylation sites is 1. The molecule has 0 N–H and O–H groups in total. The molecule has 1 heterocycles. The summed E-state index contributed by atoms with van der Waals surface area (Å²) in [5.41, 5.74) is 1.68. The van der Waals surface area contributed by atoms with E-state index in [2.05, 4.69) is 39.0 Å². The topological polar surface area (TPSA) is 9.23 Å². The monoisotopic (exact) mass is 204 g/mol. The van der Waals surface area contributed by atoms with Gasteiger partial charge in [0.2, 0.25) is 0 Å². The molecule has 2 atom stereocenters. The molecule has 0 radical (unpaired) electrons. The highest BCUT2D eigenvalue weighted by Gasteiger charge is 2.37. The SMILES string of the molecule is CCCC1(C)COc2ccccc2C1C. The third-order valence-electron chi connectivity index (χ3n) is 3.81. The van der Waals surface area contributed by atoms with Gasteiger partial charge in [0.25, 0.3) is 0 Å². The molecule has 0 aliphatic carbocycles. The zero-order chi connectivity index (χ0) is 10.9. The summed E-state index contributed by atoms with van der Waals surface area (Å²) < 4.78 is 5.86. The van der Waals surface area contributed by atoms with Gasteiger partial charge in [-0.25, -0.2) is 0 Å². The smallest absolute Gasteiger partial charge is 0.122 e. The second-order valence-electron chi connectivity index (χ2n) is 4.95. The molecule has 1 aliphatic rings. The Morgan fingerprint density at radius 3 is 2.87 bits per heavy atom. The van der Waals surface area contributed by atoms with E-state index in [1.807, 2.05) is 6.07 Å². The van der Waals surface area contributed by atoms with E-state index in [9.17, 15) is 0 Å². The molecule has 82 valence electrons. The van der Waals surface area contributed by atoms with E-state index in [0.717, 1.165) is 12.4 Å². The van der Waals surface area contributed by atoms with Crippen molar-refractivity contribution in [1.82, 2.24) is 0 Å². The van der Waals surface area contributed by atoms with Gasteiger partial charge in [0.15, 0.2) is 0 Å². The van der Waals surface area contributed by atoms with Crippen LogP contribution in [0, 0.1) is 5.41 Å². The molecule has 1 nitrogen and oxygen atoms in total. The molecule has 1 aliphatic heterocycles. The van der Waals surface area contributed by atoms with Gasteiger partial charge in [-0.2, -0.15) is 0 Å². The van der Waals surface area contributed by atoms with E-state index < -0.39 is 0 Å². The summed E-state index contributed by atoms with van der Waals surface area (Å²) in [6.07, 6.45) is 2.47. The summed E-state index contributed by atoms with van der Waals surface area (Å²) in [5.74, 6) is 1.68. The van der Waals surface area contributed by atoms with Gasteiger partial charge in [0, 0.05) is 5.41 Å². The van der Waals surface area contributed by atoms with Crippen LogP contribution in [0.3, 0.4) is 0 Å². The molecule has 1 aromatic carbocycles. The third kappa shape index (κ3) is 1.75. The van der Waals surface area contributed by atoms with Crippen LogP contribution in [-0.4, -0.2) is 6.61 Å². The number of fused-ring (bicyclic) bond motifs is 1. The molecule has 0 saturated carbocycles. The molecule has 0 saturated heterocycles. The van der Waals surface area contributed by atoms with Crippen molar-refractivity contribution in [2.45, 2.75) is 39.5 Å². The van der Waals surface area contributed by atoms with E-state index in [-0.39, 0.29) is 0 Å². The van der Waals surface area contributed by atoms with Gasteiger partial charge in [-0.3, -0.25) is 0 Å². The average Bonchev–Trinajstić information content (AvgIpc) is 2.25. The summed E-state index contributed by atoms with van der Waals surface area (Å²) in [6, 6.07) is 8.44. The molecule has 0 amide bonds. The first-order chi connectivity index (χ1) is 7.17. The van der Waals surface area contributed by atoms with Gasteiger partial charge in [-0.15, -0.1) is 0 Å². The predicted octanol–water partition coefficient (Wildman–Crippen LogP) is 3.99. The highest BCUT2D eigenvalue weighted by molar-refractivity contribution is 5.39. The molecule has 2 rings (SSSR count). The van der Waals surface area contributed by atoms with Gasteiger partial charge in [0.1, 0.15) is 5.75 Å². The van der Waals surface area contributed by atoms with E-state index in [1.165, 1.54) is 18.4 Å². The Kier molecular flexibility index (Phi) is 2.72. The first-order valence-electron chi connectivity index (χ1n) is 5.89. The lowest BCUT2D eigenvalue weighted by Gasteiger charge is -2.40. The van der Waals surface area contributed by atoms with E-state index in [1.54, 1.807) is 0 Å². The molecule has 0 aromatic heterocycles. The number of ether oxygens (including phenoxy) is 1. The van der Waals surface area contributed by atoms with Gasteiger partial charge in [0.05, 0.1) is 6.61 Å². The lowest BCUT2D eigenvalue weighted by Crippen LogP contribution is -2.34. The van der Waals surface area contributed by atoms with E-state index in [4.69, 9.17) is 4.74 Å². The normalized spacial score (nSPS) is 29.4. The van der Waals surface area contributed by atoms with Gasteiger partial charge in [-0.1, -0.05) is 45.4 Å². The minimum absolute atomic E-state index is 0.309. The molecule has 0 bridgehead atoms. The Balaban J connectivity index is 2.33. The van der Waals surface area contributed by atoms with Gasteiger partial charge < -0.3 is 4.74 Å². The molecular formula is C14H20O. The lowest BCUT2D eigenvalue weighted by molar-refractivity contribution is 0.0992. The van der Waals surface area contributed by atoms with E-state index in [0.29, 0.717) is 11.3 Å². The zero-order valence-electron chi connectivity index (χ0n) is 9.92. The Morgan fingerprint density at radius 2 is 2.13 bits per heavy atom. The van der Waals surface area contributed by atoms with Crippen molar-refractivity contribution in [2.24, 2.45) is 5.41 Å². The summed E-state index contributed by atoms with van der Waals surface area (Å²) in [5, 5.41) is 0. The zero-order valence-corrected chi connectivity index (χ0v) is 9.92. The van der Waals surface area contributed by atoms with Crippen LogP contribution in [0.1, 0.15) is 45.1 Å². The number of hydrogen-bond donors (Lipinski definition) is 0. The maximum Gasteiger partial charge on any atom is 0.122 e. The molecule has 0 fully saturated rings. The Morgan fingerprint density at radius 1 is 1.40 bits per heavy atom. The van der Waals surface area contributed by atoms with Crippen molar-refractivity contribution in [3.63, 3.8) is 0 Å². The fourth-order valence-corrected chi connectivity index (χ4v) is 2.57. The van der Waals surface area contributed by atoms with Gasteiger partial charge in [-0.05, 0) is 24.0 Å². The van der Waals surface area contributed by atoms with Crippen molar-refractivity contribution in [1.29, 1.82) is 0 Å². The van der Waals surface area contributed by atoms with Crippen LogP contribution in [0.15, 0.2) is 24.3 Å². The minimum Gasteiger partial charge on any atom is -0.493 e. The predicted molar refractivity (Wildman–Crippen MR) is 63.4 cm³/mol. The highest BCUT2D eigenvalue weighted by atomic mass is 16.5. The second-order valence-corrected chi connectivity index (χ2v) is 4.95. The fraction of sp³-hybridized carbons (Fsp3) is 0.571. The summed E-state index contributed by atoms with van der Waals surface area (Å²) in [4.78, 5) is 0. The summed E-state index contributed by atoms with van der Waals surface area (Å²) in [6.45, 7) is 7.78. The number of benzene rings is 1. The van der Waals surface area contributed by atoms with Crippen LogP contribution >= 0.6 is 0 Å². The number of hydrogen-bond acceptors (Lipinski definition) is 1. The maximum atomic E-state index is 5.86.